The Labute approximate surface area is 124 Å². The summed E-state index contributed by atoms with van der Waals surface area (Å²) in [4.78, 5) is 0. The molecule has 1 aromatic heterocycles. The van der Waals surface area contributed by atoms with E-state index in [1.54, 1.807) is 0 Å². The van der Waals surface area contributed by atoms with Crippen LogP contribution < -0.4 is 5.32 Å². The van der Waals surface area contributed by atoms with Gasteiger partial charge >= 0.3 is 0 Å². The van der Waals surface area contributed by atoms with Gasteiger partial charge in [-0.2, -0.15) is 5.10 Å². The predicted octanol–water partition coefficient (Wildman–Crippen LogP) is 4.31. The summed E-state index contributed by atoms with van der Waals surface area (Å²) in [5.74, 6) is 0.844. The summed E-state index contributed by atoms with van der Waals surface area (Å²) in [6.07, 6.45) is 6.45. The van der Waals surface area contributed by atoms with Crippen LogP contribution in [0.1, 0.15) is 81.9 Å². The molecule has 3 unspecified atom stereocenters. The van der Waals surface area contributed by atoms with Crippen LogP contribution in [0.15, 0.2) is 0 Å². The molecule has 1 aliphatic rings. The van der Waals surface area contributed by atoms with Crippen LogP contribution in [0.4, 0.5) is 0 Å². The van der Waals surface area contributed by atoms with E-state index in [4.69, 9.17) is 5.10 Å². The number of hydrogen-bond acceptors (Lipinski definition) is 2. The Morgan fingerprint density at radius 3 is 2.65 bits per heavy atom. The Balaban J connectivity index is 2.27. The largest absolute Gasteiger partial charge is 0.310 e. The lowest BCUT2D eigenvalue weighted by molar-refractivity contribution is 0.262. The smallest absolute Gasteiger partial charge is 0.0644 e. The summed E-state index contributed by atoms with van der Waals surface area (Å²) in [5.41, 5.74) is 4.04. The molecule has 20 heavy (non-hydrogen) atoms. The molecule has 1 aromatic rings. The highest BCUT2D eigenvalue weighted by molar-refractivity contribution is 5.28. The van der Waals surface area contributed by atoms with Gasteiger partial charge in [0.2, 0.25) is 0 Å². The molecule has 0 saturated heterocycles. The van der Waals surface area contributed by atoms with Crippen LogP contribution in [0.3, 0.4) is 0 Å². The number of aromatic nitrogens is 2. The normalized spacial score (nSPS) is 24.9. The van der Waals surface area contributed by atoms with E-state index in [9.17, 15) is 0 Å². The average Bonchev–Trinajstić information content (AvgIpc) is 2.72. The van der Waals surface area contributed by atoms with Crippen LogP contribution in [0, 0.1) is 19.8 Å². The fourth-order valence-corrected chi connectivity index (χ4v) is 3.86. The lowest BCUT2D eigenvalue weighted by Gasteiger charge is -2.28. The molecule has 1 fully saturated rings. The molecule has 1 aliphatic carbocycles. The highest BCUT2D eigenvalue weighted by atomic mass is 15.3. The molecule has 3 heteroatoms. The van der Waals surface area contributed by atoms with E-state index in [2.05, 4.69) is 44.6 Å². The van der Waals surface area contributed by atoms with Crippen molar-refractivity contribution in [3.05, 3.63) is 17.0 Å². The van der Waals surface area contributed by atoms with Crippen molar-refractivity contribution in [2.45, 2.75) is 78.8 Å². The maximum Gasteiger partial charge on any atom is 0.0644 e. The van der Waals surface area contributed by atoms with Gasteiger partial charge in [-0.05, 0) is 45.6 Å². The third-order valence-electron chi connectivity index (χ3n) is 4.84. The van der Waals surface area contributed by atoms with E-state index in [0.29, 0.717) is 12.1 Å². The second kappa shape index (κ2) is 6.75. The molecule has 0 bridgehead atoms. The molecule has 1 heterocycles. The van der Waals surface area contributed by atoms with E-state index in [1.165, 1.54) is 42.6 Å². The Bertz CT molecular complexity index is 436. The van der Waals surface area contributed by atoms with Crippen molar-refractivity contribution in [2.75, 3.05) is 6.54 Å². The molecule has 0 radical (unpaired) electrons. The van der Waals surface area contributed by atoms with E-state index >= 15 is 0 Å². The van der Waals surface area contributed by atoms with Crippen molar-refractivity contribution in [2.24, 2.45) is 5.92 Å². The fraction of sp³-hybridized carbons (Fsp3) is 0.824. The van der Waals surface area contributed by atoms with Gasteiger partial charge in [0.1, 0.15) is 0 Å². The molecule has 0 spiro atoms. The van der Waals surface area contributed by atoms with E-state index in [0.717, 1.165) is 18.9 Å². The molecule has 1 N–H and O–H groups in total. The molecule has 0 amide bonds. The maximum atomic E-state index is 4.90. The molecule has 2 rings (SSSR count). The van der Waals surface area contributed by atoms with Gasteiger partial charge in [-0.1, -0.05) is 33.6 Å². The Kier molecular flexibility index (Phi) is 5.25. The lowest BCUT2D eigenvalue weighted by atomic mass is 9.87. The number of aryl methyl sites for hydroxylation is 1. The van der Waals surface area contributed by atoms with Gasteiger partial charge in [0.15, 0.2) is 0 Å². The van der Waals surface area contributed by atoms with Gasteiger partial charge in [-0.25, -0.2) is 0 Å². The summed E-state index contributed by atoms with van der Waals surface area (Å²) in [7, 11) is 0. The third-order valence-corrected chi connectivity index (χ3v) is 4.84. The van der Waals surface area contributed by atoms with Crippen molar-refractivity contribution in [1.29, 1.82) is 0 Å². The Hall–Kier alpha value is -0.830. The van der Waals surface area contributed by atoms with Gasteiger partial charge in [0.25, 0.3) is 0 Å². The average molecular weight is 277 g/mol. The maximum absolute atomic E-state index is 4.90. The Morgan fingerprint density at radius 2 is 2.05 bits per heavy atom. The SMILES string of the molecule is CCNC(CC)c1c(C)nn(C2CCCC(C)C2)c1C. The molecule has 0 aromatic carbocycles. The summed E-state index contributed by atoms with van der Waals surface area (Å²) in [5, 5.41) is 8.50. The summed E-state index contributed by atoms with van der Waals surface area (Å²) in [6, 6.07) is 1.07. The molecule has 3 atom stereocenters. The highest BCUT2D eigenvalue weighted by Crippen LogP contribution is 2.35. The molecule has 1 saturated carbocycles. The van der Waals surface area contributed by atoms with Crippen LogP contribution in [-0.4, -0.2) is 16.3 Å². The zero-order valence-electron chi connectivity index (χ0n) is 13.9. The number of nitrogens with zero attached hydrogens (tertiary/aromatic N) is 2. The molecular formula is C17H31N3. The van der Waals surface area contributed by atoms with Crippen molar-refractivity contribution in [3.8, 4) is 0 Å². The lowest BCUT2D eigenvalue weighted by Crippen LogP contribution is -2.22. The minimum atomic E-state index is 0.453. The summed E-state index contributed by atoms with van der Waals surface area (Å²) >= 11 is 0. The molecule has 114 valence electrons. The van der Waals surface area contributed by atoms with Gasteiger partial charge in [-0.3, -0.25) is 4.68 Å². The summed E-state index contributed by atoms with van der Waals surface area (Å²) in [6.45, 7) is 12.3. The quantitative estimate of drug-likeness (QED) is 0.869. The zero-order valence-corrected chi connectivity index (χ0v) is 13.9. The van der Waals surface area contributed by atoms with E-state index in [1.807, 2.05) is 0 Å². The van der Waals surface area contributed by atoms with Crippen molar-refractivity contribution >= 4 is 0 Å². The van der Waals surface area contributed by atoms with Crippen LogP contribution in [0.5, 0.6) is 0 Å². The van der Waals surface area contributed by atoms with Crippen molar-refractivity contribution < 1.29 is 0 Å². The zero-order chi connectivity index (χ0) is 14.7. The number of rotatable bonds is 5. The first-order chi connectivity index (χ1) is 9.58. The number of nitrogens with one attached hydrogen (secondary N) is 1. The van der Waals surface area contributed by atoms with Crippen LogP contribution in [0.25, 0.3) is 0 Å². The van der Waals surface area contributed by atoms with Gasteiger partial charge in [-0.15, -0.1) is 0 Å². The minimum Gasteiger partial charge on any atom is -0.310 e. The van der Waals surface area contributed by atoms with E-state index in [-0.39, 0.29) is 0 Å². The Morgan fingerprint density at radius 1 is 1.30 bits per heavy atom. The first-order valence-electron chi connectivity index (χ1n) is 8.37. The van der Waals surface area contributed by atoms with Crippen molar-refractivity contribution in [1.82, 2.24) is 15.1 Å². The topological polar surface area (TPSA) is 29.9 Å². The summed E-state index contributed by atoms with van der Waals surface area (Å²) < 4.78 is 2.33. The third kappa shape index (κ3) is 3.08. The van der Waals surface area contributed by atoms with E-state index < -0.39 is 0 Å². The van der Waals surface area contributed by atoms with Crippen molar-refractivity contribution in [3.63, 3.8) is 0 Å². The standard InChI is InChI=1S/C17H31N3/c1-6-16(18-7-2)17-13(4)19-20(14(17)5)15-10-8-9-12(3)11-15/h12,15-16,18H,6-11H2,1-5H3. The van der Waals surface area contributed by atoms with Gasteiger partial charge in [0, 0.05) is 17.3 Å². The van der Waals surface area contributed by atoms with Gasteiger partial charge in [0.05, 0.1) is 11.7 Å². The monoisotopic (exact) mass is 277 g/mol. The van der Waals surface area contributed by atoms with Crippen LogP contribution in [-0.2, 0) is 0 Å². The second-order valence-corrected chi connectivity index (χ2v) is 6.47. The first-order valence-corrected chi connectivity index (χ1v) is 8.37. The fourth-order valence-electron chi connectivity index (χ4n) is 3.86. The molecular weight excluding hydrogens is 246 g/mol. The van der Waals surface area contributed by atoms with Crippen LogP contribution >= 0.6 is 0 Å². The van der Waals surface area contributed by atoms with Crippen LogP contribution in [0.2, 0.25) is 0 Å². The first kappa shape index (κ1) is 15.6. The minimum absolute atomic E-state index is 0.453. The van der Waals surface area contributed by atoms with Gasteiger partial charge < -0.3 is 5.32 Å². The number of hydrogen-bond donors (Lipinski definition) is 1. The highest BCUT2D eigenvalue weighted by Gasteiger charge is 2.26. The second-order valence-electron chi connectivity index (χ2n) is 6.47. The predicted molar refractivity (Wildman–Crippen MR) is 85.1 cm³/mol. The molecule has 0 aliphatic heterocycles. The molecule has 3 nitrogen and oxygen atoms in total.